The van der Waals surface area contributed by atoms with Crippen LogP contribution in [0.4, 0.5) is 0 Å². The molecule has 0 aliphatic carbocycles. The molecule has 6 nitrogen and oxygen atoms in total. The number of carbonyl (C=O) groups excluding carboxylic acids is 2. The van der Waals surface area contributed by atoms with Crippen LogP contribution >= 0.6 is 0 Å². The quantitative estimate of drug-likeness (QED) is 0.742. The maximum atomic E-state index is 12.5. The lowest BCUT2D eigenvalue weighted by Gasteiger charge is -2.23. The van der Waals surface area contributed by atoms with Crippen LogP contribution in [0.2, 0.25) is 0 Å². The van der Waals surface area contributed by atoms with Crippen LogP contribution < -0.4 is 5.32 Å². The summed E-state index contributed by atoms with van der Waals surface area (Å²) in [5.74, 6) is 0.603. The summed E-state index contributed by atoms with van der Waals surface area (Å²) in [6.07, 6.45) is 0.612. The van der Waals surface area contributed by atoms with Gasteiger partial charge in [-0.15, -0.1) is 0 Å². The standard InChI is InChI=1S/C20H20N4O2/c1-13(24-12-14-6-2-3-7-15(14)20(24)26)19(25)21-11-10-18-22-16-8-4-5-9-17(16)23-18/h2-9,13H,10-12H2,1H3,(H,21,25)(H,22,23)/t13-/m1/s1. The largest absolute Gasteiger partial charge is 0.354 e. The van der Waals surface area contributed by atoms with E-state index in [1.807, 2.05) is 48.5 Å². The number of imidazole rings is 1. The number of nitrogens with one attached hydrogen (secondary N) is 2. The van der Waals surface area contributed by atoms with Crippen LogP contribution in [0.5, 0.6) is 0 Å². The Morgan fingerprint density at radius 3 is 2.81 bits per heavy atom. The molecule has 2 amide bonds. The second kappa shape index (κ2) is 6.63. The molecule has 6 heteroatoms. The summed E-state index contributed by atoms with van der Waals surface area (Å²) in [7, 11) is 0. The Balaban J connectivity index is 1.34. The molecule has 0 fully saturated rings. The Morgan fingerprint density at radius 1 is 1.23 bits per heavy atom. The van der Waals surface area contributed by atoms with Crippen LogP contribution in [-0.4, -0.2) is 39.3 Å². The van der Waals surface area contributed by atoms with Crippen molar-refractivity contribution in [1.82, 2.24) is 20.2 Å². The van der Waals surface area contributed by atoms with E-state index in [1.165, 1.54) is 0 Å². The van der Waals surface area contributed by atoms with Crippen molar-refractivity contribution in [3.63, 3.8) is 0 Å². The highest BCUT2D eigenvalue weighted by molar-refractivity contribution is 6.01. The molecular weight excluding hydrogens is 328 g/mol. The molecule has 0 saturated heterocycles. The number of H-pyrrole nitrogens is 1. The van der Waals surface area contributed by atoms with Crippen LogP contribution in [0.1, 0.15) is 28.7 Å². The lowest BCUT2D eigenvalue weighted by Crippen LogP contribution is -2.45. The number of fused-ring (bicyclic) bond motifs is 2. The predicted octanol–water partition coefficient (Wildman–Crippen LogP) is 2.27. The average Bonchev–Trinajstić information content (AvgIpc) is 3.22. The molecule has 0 unspecified atom stereocenters. The SMILES string of the molecule is C[C@H](C(=O)NCCc1nc2ccccc2[nH]1)N1Cc2ccccc2C1=O. The number of hydrogen-bond donors (Lipinski definition) is 2. The number of benzene rings is 2. The summed E-state index contributed by atoms with van der Waals surface area (Å²) < 4.78 is 0. The zero-order valence-electron chi connectivity index (χ0n) is 14.5. The van der Waals surface area contributed by atoms with Crippen molar-refractivity contribution in [3.8, 4) is 0 Å². The third kappa shape index (κ3) is 2.94. The van der Waals surface area contributed by atoms with Crippen LogP contribution in [0.25, 0.3) is 11.0 Å². The second-order valence-electron chi connectivity index (χ2n) is 6.51. The lowest BCUT2D eigenvalue weighted by molar-refractivity contribution is -0.125. The van der Waals surface area contributed by atoms with Crippen LogP contribution in [0.15, 0.2) is 48.5 Å². The summed E-state index contributed by atoms with van der Waals surface area (Å²) in [6.45, 7) is 2.71. The molecule has 2 aromatic carbocycles. The highest BCUT2D eigenvalue weighted by atomic mass is 16.2. The minimum atomic E-state index is -0.509. The highest BCUT2D eigenvalue weighted by Gasteiger charge is 2.33. The van der Waals surface area contributed by atoms with Gasteiger partial charge in [0.1, 0.15) is 11.9 Å². The van der Waals surface area contributed by atoms with E-state index in [-0.39, 0.29) is 11.8 Å². The van der Waals surface area contributed by atoms with Crippen molar-refractivity contribution in [3.05, 3.63) is 65.5 Å². The van der Waals surface area contributed by atoms with Gasteiger partial charge in [0.25, 0.3) is 5.91 Å². The fourth-order valence-corrected chi connectivity index (χ4v) is 3.31. The topological polar surface area (TPSA) is 78.1 Å². The third-order valence-electron chi connectivity index (χ3n) is 4.80. The van der Waals surface area contributed by atoms with Crippen LogP contribution in [-0.2, 0) is 17.8 Å². The molecule has 1 atom stereocenters. The van der Waals surface area contributed by atoms with E-state index in [2.05, 4.69) is 15.3 Å². The van der Waals surface area contributed by atoms with Crippen molar-refractivity contribution in [2.75, 3.05) is 6.54 Å². The summed E-state index contributed by atoms with van der Waals surface area (Å²) in [5.41, 5.74) is 3.57. The summed E-state index contributed by atoms with van der Waals surface area (Å²) >= 11 is 0. The van der Waals surface area contributed by atoms with Gasteiger partial charge in [0.05, 0.1) is 11.0 Å². The number of carbonyl (C=O) groups is 2. The number of nitrogens with zero attached hydrogens (tertiary/aromatic N) is 2. The van der Waals surface area contributed by atoms with Crippen molar-refractivity contribution in [2.24, 2.45) is 0 Å². The Morgan fingerprint density at radius 2 is 2.00 bits per heavy atom. The molecule has 2 N–H and O–H groups in total. The molecule has 1 aromatic heterocycles. The zero-order chi connectivity index (χ0) is 18.1. The summed E-state index contributed by atoms with van der Waals surface area (Å²) in [4.78, 5) is 34.3. The van der Waals surface area contributed by atoms with E-state index in [1.54, 1.807) is 11.8 Å². The zero-order valence-corrected chi connectivity index (χ0v) is 14.5. The fraction of sp³-hybridized carbons (Fsp3) is 0.250. The van der Waals surface area contributed by atoms with Gasteiger partial charge in [0.15, 0.2) is 0 Å². The Bertz CT molecular complexity index is 946. The normalized spacial score (nSPS) is 14.5. The highest BCUT2D eigenvalue weighted by Crippen LogP contribution is 2.24. The smallest absolute Gasteiger partial charge is 0.255 e. The van der Waals surface area contributed by atoms with Gasteiger partial charge >= 0.3 is 0 Å². The molecule has 1 aliphatic heterocycles. The molecule has 132 valence electrons. The van der Waals surface area contributed by atoms with E-state index in [4.69, 9.17) is 0 Å². The molecule has 3 aromatic rings. The average molecular weight is 348 g/mol. The third-order valence-corrected chi connectivity index (χ3v) is 4.80. The minimum Gasteiger partial charge on any atom is -0.354 e. The Labute approximate surface area is 151 Å². The summed E-state index contributed by atoms with van der Waals surface area (Å²) in [6, 6.07) is 14.8. The fourth-order valence-electron chi connectivity index (χ4n) is 3.31. The van der Waals surface area contributed by atoms with Gasteiger partial charge in [0.2, 0.25) is 5.91 Å². The van der Waals surface area contributed by atoms with Crippen molar-refractivity contribution in [1.29, 1.82) is 0 Å². The van der Waals surface area contributed by atoms with E-state index >= 15 is 0 Å². The number of hydrogen-bond acceptors (Lipinski definition) is 3. The number of para-hydroxylation sites is 2. The Kier molecular flexibility index (Phi) is 4.16. The van der Waals surface area contributed by atoms with Crippen LogP contribution in [0.3, 0.4) is 0 Å². The van der Waals surface area contributed by atoms with Crippen molar-refractivity contribution >= 4 is 22.8 Å². The number of aromatic nitrogens is 2. The van der Waals surface area contributed by atoms with Gasteiger partial charge in [0, 0.05) is 25.1 Å². The number of aromatic amines is 1. The van der Waals surface area contributed by atoms with E-state index in [0.717, 1.165) is 22.4 Å². The minimum absolute atomic E-state index is 0.0828. The molecule has 0 bridgehead atoms. The molecule has 0 saturated carbocycles. The van der Waals surface area contributed by atoms with E-state index in [0.29, 0.717) is 25.1 Å². The lowest BCUT2D eigenvalue weighted by atomic mass is 10.1. The molecule has 2 heterocycles. The van der Waals surface area contributed by atoms with Gasteiger partial charge in [-0.1, -0.05) is 30.3 Å². The van der Waals surface area contributed by atoms with Crippen LogP contribution in [0, 0.1) is 0 Å². The number of rotatable bonds is 5. The van der Waals surface area contributed by atoms with E-state index < -0.39 is 6.04 Å². The van der Waals surface area contributed by atoms with E-state index in [9.17, 15) is 9.59 Å². The van der Waals surface area contributed by atoms with Gasteiger partial charge < -0.3 is 15.2 Å². The molecule has 1 aliphatic rings. The first-order valence-corrected chi connectivity index (χ1v) is 8.73. The first kappa shape index (κ1) is 16.3. The maximum absolute atomic E-state index is 12.5. The molecule has 0 radical (unpaired) electrons. The van der Waals surface area contributed by atoms with Gasteiger partial charge in [-0.2, -0.15) is 0 Å². The molecule has 4 rings (SSSR count). The maximum Gasteiger partial charge on any atom is 0.255 e. The number of amides is 2. The molecule has 26 heavy (non-hydrogen) atoms. The monoisotopic (exact) mass is 348 g/mol. The Hall–Kier alpha value is -3.15. The van der Waals surface area contributed by atoms with Crippen molar-refractivity contribution in [2.45, 2.75) is 25.9 Å². The first-order valence-electron chi connectivity index (χ1n) is 8.73. The van der Waals surface area contributed by atoms with Gasteiger partial charge in [-0.25, -0.2) is 4.98 Å². The van der Waals surface area contributed by atoms with Crippen molar-refractivity contribution < 1.29 is 9.59 Å². The van der Waals surface area contributed by atoms with Gasteiger partial charge in [-0.05, 0) is 30.7 Å². The molecule has 0 spiro atoms. The summed E-state index contributed by atoms with van der Waals surface area (Å²) in [5, 5.41) is 2.91. The predicted molar refractivity (Wildman–Crippen MR) is 98.6 cm³/mol. The first-order chi connectivity index (χ1) is 12.6. The van der Waals surface area contributed by atoms with Gasteiger partial charge in [-0.3, -0.25) is 9.59 Å². The second-order valence-corrected chi connectivity index (χ2v) is 6.51. The molecular formula is C20H20N4O2.